The molecule has 0 atom stereocenters. The van der Waals surface area contributed by atoms with Crippen molar-refractivity contribution in [1.29, 1.82) is 0 Å². The fourth-order valence-corrected chi connectivity index (χ4v) is 0.870. The summed E-state index contributed by atoms with van der Waals surface area (Å²) in [6.07, 6.45) is 5.46. The Morgan fingerprint density at radius 3 is 3.00 bits per heavy atom. The Bertz CT molecular complexity index is 248. The fourth-order valence-electron chi connectivity index (χ4n) is 0.870. The van der Waals surface area contributed by atoms with E-state index in [9.17, 15) is 4.79 Å². The van der Waals surface area contributed by atoms with Crippen LogP contribution in [0.1, 0.15) is 12.0 Å². The number of pyridine rings is 1. The number of aromatic nitrogens is 1. The largest absolute Gasteiger partial charge is 0.397 e. The number of hydrogen-bond acceptors (Lipinski definition) is 3. The van der Waals surface area contributed by atoms with Gasteiger partial charge >= 0.3 is 0 Å². The van der Waals surface area contributed by atoms with Crippen LogP contribution in [0.3, 0.4) is 0 Å². The molecule has 2 N–H and O–H groups in total. The van der Waals surface area contributed by atoms with Crippen molar-refractivity contribution in [3.63, 3.8) is 0 Å². The Morgan fingerprint density at radius 1 is 1.55 bits per heavy atom. The van der Waals surface area contributed by atoms with Crippen molar-refractivity contribution in [2.24, 2.45) is 0 Å². The van der Waals surface area contributed by atoms with Gasteiger partial charge in [0.1, 0.15) is 6.29 Å². The van der Waals surface area contributed by atoms with Crippen molar-refractivity contribution in [2.75, 3.05) is 5.73 Å². The van der Waals surface area contributed by atoms with Gasteiger partial charge in [0.15, 0.2) is 0 Å². The van der Waals surface area contributed by atoms with E-state index >= 15 is 0 Å². The van der Waals surface area contributed by atoms with E-state index in [0.29, 0.717) is 12.1 Å². The Balaban J connectivity index is 2.63. The van der Waals surface area contributed by atoms with E-state index in [4.69, 9.17) is 5.73 Å². The monoisotopic (exact) mass is 150 g/mol. The molecule has 0 amide bonds. The molecule has 0 bridgehead atoms. The number of rotatable bonds is 3. The third-order valence-electron chi connectivity index (χ3n) is 1.37. The van der Waals surface area contributed by atoms with Crippen molar-refractivity contribution in [3.05, 3.63) is 24.0 Å². The molecule has 0 saturated heterocycles. The first-order valence-corrected chi connectivity index (χ1v) is 3.46. The first kappa shape index (κ1) is 7.72. The minimum Gasteiger partial charge on any atom is -0.397 e. The summed E-state index contributed by atoms with van der Waals surface area (Å²) in [5.41, 5.74) is 7.14. The Hall–Kier alpha value is -1.38. The SMILES string of the molecule is Nc1cncc(CCC=O)c1. The molecule has 1 aromatic rings. The molecule has 0 spiro atoms. The third kappa shape index (κ3) is 2.37. The van der Waals surface area contributed by atoms with Crippen LogP contribution in [0.5, 0.6) is 0 Å². The van der Waals surface area contributed by atoms with Gasteiger partial charge in [0.2, 0.25) is 0 Å². The highest BCUT2D eigenvalue weighted by Gasteiger charge is 1.92. The van der Waals surface area contributed by atoms with E-state index in [0.717, 1.165) is 18.3 Å². The summed E-state index contributed by atoms with van der Waals surface area (Å²) in [5.74, 6) is 0. The molecule has 0 radical (unpaired) electrons. The maximum absolute atomic E-state index is 10.0. The number of carbonyl (C=O) groups excluding carboxylic acids is 1. The van der Waals surface area contributed by atoms with Gasteiger partial charge in [-0.05, 0) is 18.1 Å². The molecule has 0 aliphatic rings. The summed E-state index contributed by atoms with van der Waals surface area (Å²) >= 11 is 0. The number of carbonyl (C=O) groups is 1. The molecule has 3 nitrogen and oxygen atoms in total. The van der Waals surface area contributed by atoms with Gasteiger partial charge in [0.25, 0.3) is 0 Å². The van der Waals surface area contributed by atoms with Crippen molar-refractivity contribution in [3.8, 4) is 0 Å². The van der Waals surface area contributed by atoms with Crippen molar-refractivity contribution in [2.45, 2.75) is 12.8 Å². The molecule has 0 aromatic carbocycles. The van der Waals surface area contributed by atoms with E-state index in [1.54, 1.807) is 12.4 Å². The molecule has 1 aromatic heterocycles. The number of nitrogens with two attached hydrogens (primary N) is 1. The minimum absolute atomic E-state index is 0.533. The highest BCUT2D eigenvalue weighted by molar-refractivity contribution is 5.50. The summed E-state index contributed by atoms with van der Waals surface area (Å²) in [5, 5.41) is 0. The molecule has 0 unspecified atom stereocenters. The lowest BCUT2D eigenvalue weighted by Crippen LogP contribution is -1.91. The quantitative estimate of drug-likeness (QED) is 0.648. The second kappa shape index (κ2) is 3.71. The number of aldehydes is 1. The van der Waals surface area contributed by atoms with Crippen molar-refractivity contribution in [1.82, 2.24) is 4.98 Å². The third-order valence-corrected chi connectivity index (χ3v) is 1.37. The zero-order valence-electron chi connectivity index (χ0n) is 6.16. The predicted octanol–water partition coefficient (Wildman–Crippen LogP) is 0.795. The van der Waals surface area contributed by atoms with Gasteiger partial charge in [-0.2, -0.15) is 0 Å². The lowest BCUT2D eigenvalue weighted by atomic mass is 10.2. The van der Waals surface area contributed by atoms with Gasteiger partial charge < -0.3 is 10.5 Å². The smallest absolute Gasteiger partial charge is 0.120 e. The Labute approximate surface area is 65.2 Å². The van der Waals surface area contributed by atoms with Crippen molar-refractivity contribution < 1.29 is 4.79 Å². The molecule has 0 fully saturated rings. The minimum atomic E-state index is 0.533. The first-order chi connectivity index (χ1) is 5.33. The van der Waals surface area contributed by atoms with Crippen LogP contribution in [0, 0.1) is 0 Å². The molecule has 0 aliphatic heterocycles. The van der Waals surface area contributed by atoms with Gasteiger partial charge in [0.05, 0.1) is 5.69 Å². The molecule has 58 valence electrons. The summed E-state index contributed by atoms with van der Waals surface area (Å²) in [6.45, 7) is 0. The van der Waals surface area contributed by atoms with Gasteiger partial charge in [-0.1, -0.05) is 0 Å². The lowest BCUT2D eigenvalue weighted by Gasteiger charge is -1.96. The normalized spacial score (nSPS) is 9.45. The standard InChI is InChI=1S/C8H10N2O/c9-8-4-7(2-1-3-11)5-10-6-8/h3-6H,1-2,9H2. The van der Waals surface area contributed by atoms with Crippen LogP contribution < -0.4 is 5.73 Å². The fraction of sp³-hybridized carbons (Fsp3) is 0.250. The number of nitrogen functional groups attached to an aromatic ring is 1. The summed E-state index contributed by atoms with van der Waals surface area (Å²) in [7, 11) is 0. The maximum atomic E-state index is 10.0. The second-order valence-corrected chi connectivity index (χ2v) is 2.33. The number of anilines is 1. The molecule has 1 rings (SSSR count). The highest BCUT2D eigenvalue weighted by Crippen LogP contribution is 2.05. The lowest BCUT2D eigenvalue weighted by molar-refractivity contribution is -0.107. The molecular weight excluding hydrogens is 140 g/mol. The number of nitrogens with zero attached hydrogens (tertiary/aromatic N) is 1. The molecule has 0 saturated carbocycles. The Morgan fingerprint density at radius 2 is 2.36 bits per heavy atom. The average molecular weight is 150 g/mol. The topological polar surface area (TPSA) is 56.0 Å². The van der Waals surface area contributed by atoms with Crippen LogP contribution in [-0.4, -0.2) is 11.3 Å². The molecule has 1 heterocycles. The van der Waals surface area contributed by atoms with Gasteiger partial charge in [0, 0.05) is 18.8 Å². The second-order valence-electron chi connectivity index (χ2n) is 2.33. The van der Waals surface area contributed by atoms with Gasteiger partial charge in [-0.15, -0.1) is 0 Å². The van der Waals surface area contributed by atoms with Crippen molar-refractivity contribution >= 4 is 12.0 Å². The first-order valence-electron chi connectivity index (χ1n) is 3.46. The van der Waals surface area contributed by atoms with Crippen LogP contribution in [-0.2, 0) is 11.2 Å². The molecule has 0 aliphatic carbocycles. The van der Waals surface area contributed by atoms with E-state index in [1.807, 2.05) is 6.07 Å². The molecule has 11 heavy (non-hydrogen) atoms. The summed E-state index contributed by atoms with van der Waals surface area (Å²) in [6, 6.07) is 1.83. The van der Waals surface area contributed by atoms with Crippen LogP contribution in [0.25, 0.3) is 0 Å². The van der Waals surface area contributed by atoms with Gasteiger partial charge in [-0.3, -0.25) is 4.98 Å². The van der Waals surface area contributed by atoms with Gasteiger partial charge in [-0.25, -0.2) is 0 Å². The van der Waals surface area contributed by atoms with E-state index in [1.165, 1.54) is 0 Å². The van der Waals surface area contributed by atoms with Crippen LogP contribution in [0.2, 0.25) is 0 Å². The zero-order chi connectivity index (χ0) is 8.10. The van der Waals surface area contributed by atoms with E-state index in [-0.39, 0.29) is 0 Å². The molecular formula is C8H10N2O. The Kier molecular flexibility index (Phi) is 2.60. The summed E-state index contributed by atoms with van der Waals surface area (Å²) < 4.78 is 0. The van der Waals surface area contributed by atoms with E-state index in [2.05, 4.69) is 4.98 Å². The number of aryl methyl sites for hydroxylation is 1. The summed E-state index contributed by atoms with van der Waals surface area (Å²) in [4.78, 5) is 13.9. The zero-order valence-corrected chi connectivity index (χ0v) is 6.16. The maximum Gasteiger partial charge on any atom is 0.120 e. The highest BCUT2D eigenvalue weighted by atomic mass is 16.1. The molecule has 3 heteroatoms. The van der Waals surface area contributed by atoms with Crippen LogP contribution >= 0.6 is 0 Å². The van der Waals surface area contributed by atoms with Crippen LogP contribution in [0.4, 0.5) is 5.69 Å². The number of hydrogen-bond donors (Lipinski definition) is 1. The predicted molar refractivity (Wildman–Crippen MR) is 43.0 cm³/mol. The van der Waals surface area contributed by atoms with E-state index < -0.39 is 0 Å². The average Bonchev–Trinajstić information content (AvgIpc) is 2.01. The van der Waals surface area contributed by atoms with Crippen LogP contribution in [0.15, 0.2) is 18.5 Å².